The summed E-state index contributed by atoms with van der Waals surface area (Å²) in [5.41, 5.74) is 2.71. The number of nitrogens with one attached hydrogen (secondary N) is 2. The van der Waals surface area contributed by atoms with Crippen molar-refractivity contribution >= 4 is 29.9 Å². The van der Waals surface area contributed by atoms with Gasteiger partial charge in [-0.25, -0.2) is 8.78 Å². The van der Waals surface area contributed by atoms with Crippen molar-refractivity contribution < 1.29 is 8.78 Å². The highest BCUT2D eigenvalue weighted by Gasteiger charge is 2.05. The molecule has 2 rings (SSSR count). The van der Waals surface area contributed by atoms with Crippen LogP contribution in [-0.2, 0) is 13.0 Å². The van der Waals surface area contributed by atoms with E-state index in [1.54, 1.807) is 25.2 Å². The molecule has 0 heterocycles. The first-order valence-electron chi connectivity index (χ1n) is 7.91. The molecule has 0 bridgehead atoms. The lowest BCUT2D eigenvalue weighted by Gasteiger charge is -2.13. The third kappa shape index (κ3) is 6.26. The van der Waals surface area contributed by atoms with E-state index in [0.29, 0.717) is 23.6 Å². The number of guanidine groups is 1. The molecule has 0 radical (unpaired) electrons. The summed E-state index contributed by atoms with van der Waals surface area (Å²) in [4.78, 5) is 4.09. The van der Waals surface area contributed by atoms with Crippen molar-refractivity contribution in [3.8, 4) is 6.07 Å². The van der Waals surface area contributed by atoms with Crippen molar-refractivity contribution in [2.24, 2.45) is 4.99 Å². The number of nitrogens with zero attached hydrogens (tertiary/aromatic N) is 2. The van der Waals surface area contributed by atoms with Crippen LogP contribution in [0.1, 0.15) is 22.3 Å². The first kappa shape index (κ1) is 21.8. The third-order valence-electron chi connectivity index (χ3n) is 3.84. The molecule has 0 spiro atoms. The van der Waals surface area contributed by atoms with Gasteiger partial charge in [0.05, 0.1) is 11.6 Å². The van der Waals surface area contributed by atoms with Crippen LogP contribution in [0.5, 0.6) is 0 Å². The smallest absolute Gasteiger partial charge is 0.191 e. The molecule has 0 aliphatic rings. The van der Waals surface area contributed by atoms with Crippen LogP contribution in [0.2, 0.25) is 0 Å². The molecule has 2 aromatic carbocycles. The number of hydrogen-bond donors (Lipinski definition) is 2. The largest absolute Gasteiger partial charge is 0.356 e. The summed E-state index contributed by atoms with van der Waals surface area (Å²) in [6.45, 7) is 2.74. The molecule has 4 nitrogen and oxygen atoms in total. The molecule has 0 saturated heterocycles. The molecule has 0 fully saturated rings. The van der Waals surface area contributed by atoms with E-state index in [2.05, 4.69) is 15.6 Å². The maximum absolute atomic E-state index is 13.9. The quantitative estimate of drug-likeness (QED) is 0.399. The van der Waals surface area contributed by atoms with Gasteiger partial charge in [-0.05, 0) is 48.7 Å². The van der Waals surface area contributed by atoms with Gasteiger partial charge in [-0.3, -0.25) is 4.99 Å². The topological polar surface area (TPSA) is 60.2 Å². The standard InChI is InChI=1S/C19H20F2N4.HI/c1-13-9-17(20)6-5-15(13)7-8-24-19(23-2)25-12-16-4-3-14(11-22)10-18(16)21;/h3-6,9-10H,7-8,12H2,1-2H3,(H2,23,24,25);1H. The van der Waals surface area contributed by atoms with Crippen molar-refractivity contribution in [1.82, 2.24) is 10.6 Å². The van der Waals surface area contributed by atoms with E-state index in [0.717, 1.165) is 17.5 Å². The Balaban J connectivity index is 0.00000338. The van der Waals surface area contributed by atoms with E-state index >= 15 is 0 Å². The minimum absolute atomic E-state index is 0. The fourth-order valence-electron chi connectivity index (χ4n) is 2.42. The van der Waals surface area contributed by atoms with Crippen molar-refractivity contribution in [2.45, 2.75) is 19.9 Å². The fourth-order valence-corrected chi connectivity index (χ4v) is 2.42. The Kier molecular flexibility index (Phi) is 8.99. The van der Waals surface area contributed by atoms with E-state index in [-0.39, 0.29) is 36.3 Å². The summed E-state index contributed by atoms with van der Waals surface area (Å²) in [6, 6.07) is 11.0. The SMILES string of the molecule is CN=C(NCCc1ccc(F)cc1C)NCc1ccc(C#N)cc1F.I. The van der Waals surface area contributed by atoms with Crippen LogP contribution in [0.25, 0.3) is 0 Å². The molecule has 26 heavy (non-hydrogen) atoms. The van der Waals surface area contributed by atoms with Crippen molar-refractivity contribution in [3.05, 3.63) is 70.3 Å². The number of benzene rings is 2. The Morgan fingerprint density at radius 1 is 1.12 bits per heavy atom. The Hall–Kier alpha value is -2.21. The lowest BCUT2D eigenvalue weighted by Crippen LogP contribution is -2.38. The van der Waals surface area contributed by atoms with E-state index < -0.39 is 5.82 Å². The minimum atomic E-state index is -0.427. The van der Waals surface area contributed by atoms with Gasteiger partial charge < -0.3 is 10.6 Å². The van der Waals surface area contributed by atoms with Crippen LogP contribution in [-0.4, -0.2) is 19.6 Å². The summed E-state index contributed by atoms with van der Waals surface area (Å²) in [6.07, 6.45) is 0.720. The van der Waals surface area contributed by atoms with Gasteiger partial charge in [-0.15, -0.1) is 24.0 Å². The normalized spacial score (nSPS) is 10.7. The molecule has 0 aliphatic carbocycles. The lowest BCUT2D eigenvalue weighted by atomic mass is 10.1. The molecular formula is C19H21F2IN4. The highest BCUT2D eigenvalue weighted by Crippen LogP contribution is 2.11. The second-order valence-electron chi connectivity index (χ2n) is 5.59. The van der Waals surface area contributed by atoms with Crippen LogP contribution in [0, 0.1) is 29.9 Å². The van der Waals surface area contributed by atoms with Gasteiger partial charge in [-0.2, -0.15) is 5.26 Å². The Labute approximate surface area is 169 Å². The summed E-state index contributed by atoms with van der Waals surface area (Å²) >= 11 is 0. The van der Waals surface area contributed by atoms with Gasteiger partial charge in [-0.1, -0.05) is 12.1 Å². The second-order valence-corrected chi connectivity index (χ2v) is 5.59. The average molecular weight is 470 g/mol. The molecule has 0 aromatic heterocycles. The third-order valence-corrected chi connectivity index (χ3v) is 3.84. The summed E-state index contributed by atoms with van der Waals surface area (Å²) < 4.78 is 27.0. The molecular weight excluding hydrogens is 449 g/mol. The van der Waals surface area contributed by atoms with Crippen molar-refractivity contribution in [3.63, 3.8) is 0 Å². The van der Waals surface area contributed by atoms with Crippen LogP contribution in [0.15, 0.2) is 41.4 Å². The minimum Gasteiger partial charge on any atom is -0.356 e. The van der Waals surface area contributed by atoms with Crippen molar-refractivity contribution in [2.75, 3.05) is 13.6 Å². The van der Waals surface area contributed by atoms with Gasteiger partial charge in [0.1, 0.15) is 11.6 Å². The zero-order valence-corrected chi connectivity index (χ0v) is 17.0. The zero-order chi connectivity index (χ0) is 18.2. The van der Waals surface area contributed by atoms with E-state index in [1.165, 1.54) is 18.2 Å². The highest BCUT2D eigenvalue weighted by molar-refractivity contribution is 14.0. The molecule has 0 saturated carbocycles. The Bertz CT molecular complexity index is 816. The molecule has 138 valence electrons. The van der Waals surface area contributed by atoms with Crippen LogP contribution in [0.4, 0.5) is 8.78 Å². The number of aliphatic imine (C=N–C) groups is 1. The Morgan fingerprint density at radius 2 is 1.85 bits per heavy atom. The molecule has 2 N–H and O–H groups in total. The van der Waals surface area contributed by atoms with Gasteiger partial charge in [0.2, 0.25) is 0 Å². The zero-order valence-electron chi connectivity index (χ0n) is 14.6. The number of nitriles is 1. The van der Waals surface area contributed by atoms with Crippen LogP contribution >= 0.6 is 24.0 Å². The van der Waals surface area contributed by atoms with Gasteiger partial charge in [0.15, 0.2) is 5.96 Å². The monoisotopic (exact) mass is 470 g/mol. The van der Waals surface area contributed by atoms with E-state index in [4.69, 9.17) is 5.26 Å². The predicted molar refractivity (Wildman–Crippen MR) is 110 cm³/mol. The van der Waals surface area contributed by atoms with Gasteiger partial charge in [0.25, 0.3) is 0 Å². The molecule has 0 atom stereocenters. The molecule has 0 unspecified atom stereocenters. The molecule has 0 aliphatic heterocycles. The van der Waals surface area contributed by atoms with Crippen LogP contribution < -0.4 is 10.6 Å². The maximum Gasteiger partial charge on any atom is 0.191 e. The van der Waals surface area contributed by atoms with Crippen LogP contribution in [0.3, 0.4) is 0 Å². The number of hydrogen-bond acceptors (Lipinski definition) is 2. The number of aryl methyl sites for hydroxylation is 1. The fraction of sp³-hybridized carbons (Fsp3) is 0.263. The number of halogens is 3. The summed E-state index contributed by atoms with van der Waals surface area (Å²) in [7, 11) is 1.63. The highest BCUT2D eigenvalue weighted by atomic mass is 127. The van der Waals surface area contributed by atoms with E-state index in [9.17, 15) is 8.78 Å². The second kappa shape index (κ2) is 10.7. The predicted octanol–water partition coefficient (Wildman–Crippen LogP) is 3.67. The van der Waals surface area contributed by atoms with Gasteiger partial charge in [0, 0.05) is 25.7 Å². The summed E-state index contributed by atoms with van der Waals surface area (Å²) in [5.74, 6) is -0.122. The summed E-state index contributed by atoms with van der Waals surface area (Å²) in [5, 5.41) is 14.9. The van der Waals surface area contributed by atoms with Gasteiger partial charge >= 0.3 is 0 Å². The number of rotatable bonds is 5. The molecule has 7 heteroatoms. The maximum atomic E-state index is 13.9. The first-order chi connectivity index (χ1) is 12.0. The molecule has 2 aromatic rings. The lowest BCUT2D eigenvalue weighted by molar-refractivity contribution is 0.604. The molecule has 0 amide bonds. The van der Waals surface area contributed by atoms with Crippen molar-refractivity contribution in [1.29, 1.82) is 5.26 Å². The van der Waals surface area contributed by atoms with E-state index in [1.807, 2.05) is 13.0 Å². The average Bonchev–Trinajstić information content (AvgIpc) is 2.60. The first-order valence-corrected chi connectivity index (χ1v) is 7.91. The Morgan fingerprint density at radius 3 is 2.46 bits per heavy atom.